The van der Waals surface area contributed by atoms with Crippen LogP contribution in [0.2, 0.25) is 0 Å². The molecule has 3 aliphatic rings. The number of nitrogens with one attached hydrogen (secondary N) is 1. The van der Waals surface area contributed by atoms with Crippen LogP contribution >= 0.6 is 12.6 Å². The van der Waals surface area contributed by atoms with Gasteiger partial charge in [-0.2, -0.15) is 0 Å². The van der Waals surface area contributed by atoms with Crippen molar-refractivity contribution in [2.75, 3.05) is 6.54 Å². The van der Waals surface area contributed by atoms with Gasteiger partial charge in [0.25, 0.3) is 0 Å². The van der Waals surface area contributed by atoms with Gasteiger partial charge in [0, 0.05) is 34.1 Å². The van der Waals surface area contributed by atoms with Gasteiger partial charge in [0.15, 0.2) is 0 Å². The summed E-state index contributed by atoms with van der Waals surface area (Å²) in [5, 5.41) is 3.74. The molecule has 1 N–H and O–H groups in total. The van der Waals surface area contributed by atoms with E-state index >= 15 is 0 Å². The lowest BCUT2D eigenvalue weighted by Gasteiger charge is -2.28. The van der Waals surface area contributed by atoms with E-state index in [1.165, 1.54) is 55.8 Å². The third-order valence-electron chi connectivity index (χ3n) is 9.29. The summed E-state index contributed by atoms with van der Waals surface area (Å²) in [5.74, 6) is 0.335. The summed E-state index contributed by atoms with van der Waals surface area (Å²) in [6.45, 7) is 0.866. The van der Waals surface area contributed by atoms with Crippen molar-refractivity contribution in [2.45, 2.75) is 36.1 Å². The Hall–Kier alpha value is -4.51. The fourth-order valence-corrected chi connectivity index (χ4v) is 7.42. The molecule has 8 rings (SSSR count). The van der Waals surface area contributed by atoms with Crippen LogP contribution in [0.1, 0.15) is 52.7 Å². The quantitative estimate of drug-likeness (QED) is 0.192. The van der Waals surface area contributed by atoms with E-state index in [-0.39, 0.29) is 6.04 Å². The maximum absolute atomic E-state index is 4.77. The summed E-state index contributed by atoms with van der Waals surface area (Å²) in [7, 11) is 0. The second kappa shape index (κ2) is 11.5. The minimum atomic E-state index is 0.179. The number of aromatic nitrogens is 1. The van der Waals surface area contributed by atoms with Crippen molar-refractivity contribution in [3.63, 3.8) is 0 Å². The largest absolute Gasteiger partial charge is 0.317 e. The van der Waals surface area contributed by atoms with Crippen LogP contribution in [0.5, 0.6) is 0 Å². The van der Waals surface area contributed by atoms with Crippen molar-refractivity contribution in [3.8, 4) is 0 Å². The molecule has 1 aromatic heterocycles. The molecule has 4 aromatic carbocycles. The smallest absolute Gasteiger partial charge is 0.0748 e. The van der Waals surface area contributed by atoms with Crippen molar-refractivity contribution in [2.24, 2.45) is 0 Å². The molecule has 2 heterocycles. The van der Waals surface area contributed by atoms with Gasteiger partial charge >= 0.3 is 0 Å². The highest BCUT2D eigenvalue weighted by Gasteiger charge is 2.29. The van der Waals surface area contributed by atoms with Gasteiger partial charge in [-0.15, -0.1) is 12.6 Å². The first kappa shape index (κ1) is 27.1. The average Bonchev–Trinajstić information content (AvgIpc) is 3.65. The number of benzene rings is 4. The topological polar surface area (TPSA) is 20.2 Å². The van der Waals surface area contributed by atoms with E-state index in [1.54, 1.807) is 0 Å². The number of allylic oxidation sites excluding steroid dienone is 4. The lowest BCUT2D eigenvalue weighted by Crippen LogP contribution is -2.35. The molecule has 5 aromatic rings. The summed E-state index contributed by atoms with van der Waals surface area (Å²) in [6, 6.07) is 39.0. The van der Waals surface area contributed by atoms with Gasteiger partial charge in [-0.05, 0) is 71.9 Å². The summed E-state index contributed by atoms with van der Waals surface area (Å²) < 4.78 is 2.51. The molecule has 1 unspecified atom stereocenters. The van der Waals surface area contributed by atoms with E-state index in [2.05, 4.69) is 155 Å². The second-order valence-electron chi connectivity index (χ2n) is 12.0. The van der Waals surface area contributed by atoms with Gasteiger partial charge in [0.1, 0.15) is 0 Å². The number of hydrazine groups is 1. The highest BCUT2D eigenvalue weighted by atomic mass is 32.1. The minimum Gasteiger partial charge on any atom is -0.317 e. The van der Waals surface area contributed by atoms with E-state index in [4.69, 9.17) is 12.6 Å². The zero-order valence-corrected chi connectivity index (χ0v) is 25.5. The second-order valence-corrected chi connectivity index (χ2v) is 12.5. The van der Waals surface area contributed by atoms with Gasteiger partial charge in [-0.3, -0.25) is 0 Å². The van der Waals surface area contributed by atoms with Crippen LogP contribution in [0.15, 0.2) is 144 Å². The molecular formula is C40H35N3S. The molecule has 0 radical (unpaired) electrons. The normalized spacial score (nSPS) is 19.7. The Morgan fingerprint density at radius 2 is 1.52 bits per heavy atom. The molecule has 3 nitrogen and oxygen atoms in total. The third kappa shape index (κ3) is 4.94. The molecule has 0 amide bonds. The van der Waals surface area contributed by atoms with E-state index in [0.717, 1.165) is 30.7 Å². The van der Waals surface area contributed by atoms with Crippen LogP contribution in [0.3, 0.4) is 0 Å². The average molecular weight is 590 g/mol. The number of thiol groups is 1. The van der Waals surface area contributed by atoms with Crippen LogP contribution in [-0.4, -0.2) is 16.1 Å². The maximum Gasteiger partial charge on any atom is 0.0748 e. The van der Waals surface area contributed by atoms with Crippen LogP contribution in [-0.2, 0) is 6.42 Å². The molecule has 0 saturated heterocycles. The van der Waals surface area contributed by atoms with Gasteiger partial charge in [-0.25, -0.2) is 5.01 Å². The summed E-state index contributed by atoms with van der Waals surface area (Å²) in [4.78, 5) is 1.06. The fourth-order valence-electron chi connectivity index (χ4n) is 7.09. The van der Waals surface area contributed by atoms with Gasteiger partial charge in [0.2, 0.25) is 0 Å². The predicted molar refractivity (Wildman–Crippen MR) is 186 cm³/mol. The van der Waals surface area contributed by atoms with Gasteiger partial charge in [0.05, 0.1) is 17.3 Å². The number of hydrogen-bond donors (Lipinski definition) is 2. The van der Waals surface area contributed by atoms with Crippen molar-refractivity contribution < 1.29 is 0 Å². The summed E-state index contributed by atoms with van der Waals surface area (Å²) in [6.07, 6.45) is 14.8. The zero-order valence-electron chi connectivity index (χ0n) is 24.6. The van der Waals surface area contributed by atoms with Gasteiger partial charge in [-0.1, -0.05) is 115 Å². The molecule has 0 fully saturated rings. The molecule has 216 valence electrons. The molecule has 0 saturated carbocycles. The molecule has 4 heteroatoms. The minimum absolute atomic E-state index is 0.179. The van der Waals surface area contributed by atoms with E-state index in [1.807, 2.05) is 0 Å². The summed E-state index contributed by atoms with van der Waals surface area (Å²) in [5.41, 5.74) is 15.6. The van der Waals surface area contributed by atoms with Crippen LogP contribution in [0.4, 0.5) is 0 Å². The monoisotopic (exact) mass is 589 g/mol. The molecular weight excluding hydrogens is 555 g/mol. The Bertz CT molecular complexity index is 1960. The van der Waals surface area contributed by atoms with Crippen molar-refractivity contribution in [3.05, 3.63) is 167 Å². The van der Waals surface area contributed by atoms with E-state index in [0.29, 0.717) is 5.92 Å². The number of nitrogens with zero attached hydrogens (tertiary/aromatic N) is 2. The van der Waals surface area contributed by atoms with E-state index < -0.39 is 0 Å². The predicted octanol–water partition coefficient (Wildman–Crippen LogP) is 9.45. The fraction of sp³-hybridized carbons (Fsp3) is 0.150. The van der Waals surface area contributed by atoms with Crippen molar-refractivity contribution >= 4 is 41.0 Å². The lowest BCUT2D eigenvalue weighted by molar-refractivity contribution is 0.223. The first-order valence-corrected chi connectivity index (χ1v) is 16.0. The SMILES string of the molecule is Sc1ccccc1[C@@H]1C=Cc2c(c3ccccc3n2C2=CC=C(CN3NC(c4ccccc4)=CC3c3ccccc3)CC2)C1. The Morgan fingerprint density at radius 3 is 2.32 bits per heavy atom. The first-order chi connectivity index (χ1) is 21.7. The molecule has 1 aliphatic heterocycles. The molecule has 0 bridgehead atoms. The third-order valence-corrected chi connectivity index (χ3v) is 9.70. The first-order valence-electron chi connectivity index (χ1n) is 15.6. The van der Waals surface area contributed by atoms with E-state index in [9.17, 15) is 0 Å². The standard InChI is InChI=1S/C40H35N3S/c44-40-18-10-8-15-33(40)31-21-24-38-35(25-31)34-16-7-9-17-37(34)43(38)32-22-19-28(20-23-32)27-42-39(30-13-5-2-6-14-30)26-36(41-42)29-11-3-1-4-12-29/h1-19,21-22,24,26,31,39,41,44H,20,23,25,27H2/t31-,39?/m1/s1. The Morgan fingerprint density at radius 1 is 0.773 bits per heavy atom. The van der Waals surface area contributed by atoms with Crippen LogP contribution in [0, 0.1) is 0 Å². The number of fused-ring (bicyclic) bond motifs is 3. The van der Waals surface area contributed by atoms with Crippen LogP contribution < -0.4 is 5.43 Å². The molecule has 44 heavy (non-hydrogen) atoms. The van der Waals surface area contributed by atoms with Crippen LogP contribution in [0.25, 0.3) is 28.4 Å². The highest BCUT2D eigenvalue weighted by molar-refractivity contribution is 7.80. The Kier molecular flexibility index (Phi) is 7.09. The molecule has 2 aliphatic carbocycles. The Labute approximate surface area is 264 Å². The number of rotatable bonds is 6. The maximum atomic E-state index is 4.77. The molecule has 2 atom stereocenters. The number of hydrogen-bond acceptors (Lipinski definition) is 3. The lowest BCUT2D eigenvalue weighted by atomic mass is 9.86. The van der Waals surface area contributed by atoms with Crippen molar-refractivity contribution in [1.82, 2.24) is 15.0 Å². The van der Waals surface area contributed by atoms with Crippen molar-refractivity contribution in [1.29, 1.82) is 0 Å². The zero-order chi connectivity index (χ0) is 29.5. The van der Waals surface area contributed by atoms with Gasteiger partial charge < -0.3 is 9.99 Å². The molecule has 0 spiro atoms. The Balaban J connectivity index is 1.09. The summed E-state index contributed by atoms with van der Waals surface area (Å²) >= 11 is 4.77. The highest BCUT2D eigenvalue weighted by Crippen LogP contribution is 2.41. The number of para-hydroxylation sites is 1.